The van der Waals surface area contributed by atoms with Crippen LogP contribution >= 0.6 is 0 Å². The lowest BCUT2D eigenvalue weighted by Crippen LogP contribution is -2.29. The van der Waals surface area contributed by atoms with Crippen LogP contribution in [0.3, 0.4) is 0 Å². The highest BCUT2D eigenvalue weighted by molar-refractivity contribution is 5.58. The minimum Gasteiger partial charge on any atom is -0.495 e. The molecule has 0 aromatic heterocycles. The van der Waals surface area contributed by atoms with Gasteiger partial charge >= 0.3 is 0 Å². The Morgan fingerprint density at radius 2 is 2.18 bits per heavy atom. The number of hydrogen-bond donors (Lipinski definition) is 2. The van der Waals surface area contributed by atoms with Crippen LogP contribution in [0.5, 0.6) is 5.75 Å². The molecule has 0 aliphatic carbocycles. The summed E-state index contributed by atoms with van der Waals surface area (Å²) in [5.74, 6) is 0.873. The molecule has 0 spiro atoms. The highest BCUT2D eigenvalue weighted by Crippen LogP contribution is 2.25. The fraction of sp³-hybridized carbons (Fsp3) is 0.571. The highest BCUT2D eigenvalue weighted by atomic mass is 16.5. The SMILES string of the molecule is CCCCC(N)CNc1cc(C)ccc1OC. The number of anilines is 1. The largest absolute Gasteiger partial charge is 0.495 e. The Balaban J connectivity index is 2.52. The summed E-state index contributed by atoms with van der Waals surface area (Å²) >= 11 is 0. The van der Waals surface area contributed by atoms with Crippen molar-refractivity contribution in [2.75, 3.05) is 19.0 Å². The monoisotopic (exact) mass is 236 g/mol. The molecule has 1 rings (SSSR count). The van der Waals surface area contributed by atoms with Crippen LogP contribution in [0, 0.1) is 6.92 Å². The van der Waals surface area contributed by atoms with E-state index in [1.165, 1.54) is 18.4 Å². The van der Waals surface area contributed by atoms with Crippen molar-refractivity contribution in [1.82, 2.24) is 0 Å². The number of unbranched alkanes of at least 4 members (excludes halogenated alkanes) is 1. The molecule has 17 heavy (non-hydrogen) atoms. The van der Waals surface area contributed by atoms with Crippen LogP contribution in [-0.2, 0) is 0 Å². The van der Waals surface area contributed by atoms with E-state index in [1.807, 2.05) is 12.1 Å². The van der Waals surface area contributed by atoms with Crippen molar-refractivity contribution < 1.29 is 4.74 Å². The Morgan fingerprint density at radius 1 is 1.41 bits per heavy atom. The van der Waals surface area contributed by atoms with Crippen molar-refractivity contribution in [3.63, 3.8) is 0 Å². The number of benzene rings is 1. The summed E-state index contributed by atoms with van der Waals surface area (Å²) in [4.78, 5) is 0. The van der Waals surface area contributed by atoms with Gasteiger partial charge in [-0.2, -0.15) is 0 Å². The van der Waals surface area contributed by atoms with Gasteiger partial charge in [0.15, 0.2) is 0 Å². The van der Waals surface area contributed by atoms with Crippen molar-refractivity contribution in [3.05, 3.63) is 23.8 Å². The van der Waals surface area contributed by atoms with Crippen LogP contribution in [0.2, 0.25) is 0 Å². The zero-order valence-corrected chi connectivity index (χ0v) is 11.1. The van der Waals surface area contributed by atoms with Crippen LogP contribution in [0.4, 0.5) is 5.69 Å². The molecular weight excluding hydrogens is 212 g/mol. The number of rotatable bonds is 7. The van der Waals surface area contributed by atoms with E-state index >= 15 is 0 Å². The third-order valence-electron chi connectivity index (χ3n) is 2.84. The van der Waals surface area contributed by atoms with Crippen LogP contribution in [0.25, 0.3) is 0 Å². The number of nitrogens with one attached hydrogen (secondary N) is 1. The van der Waals surface area contributed by atoms with E-state index in [1.54, 1.807) is 7.11 Å². The first-order valence-corrected chi connectivity index (χ1v) is 6.31. The molecule has 3 heteroatoms. The number of methoxy groups -OCH3 is 1. The van der Waals surface area contributed by atoms with Crippen LogP contribution in [0.15, 0.2) is 18.2 Å². The molecule has 0 radical (unpaired) electrons. The van der Waals surface area contributed by atoms with E-state index in [0.29, 0.717) is 0 Å². The highest BCUT2D eigenvalue weighted by Gasteiger charge is 2.05. The third kappa shape index (κ3) is 4.65. The predicted molar refractivity (Wildman–Crippen MR) is 73.7 cm³/mol. The molecule has 96 valence electrons. The fourth-order valence-electron chi connectivity index (χ4n) is 1.77. The van der Waals surface area contributed by atoms with Crippen LogP contribution in [0.1, 0.15) is 31.7 Å². The Morgan fingerprint density at radius 3 is 2.82 bits per heavy atom. The van der Waals surface area contributed by atoms with Gasteiger partial charge in [0.2, 0.25) is 0 Å². The first kappa shape index (κ1) is 13.8. The van der Waals surface area contributed by atoms with Gasteiger partial charge in [-0.15, -0.1) is 0 Å². The molecule has 0 saturated heterocycles. The molecule has 0 saturated carbocycles. The molecule has 0 heterocycles. The molecule has 0 aliphatic rings. The normalized spacial score (nSPS) is 12.2. The summed E-state index contributed by atoms with van der Waals surface area (Å²) in [5, 5.41) is 3.36. The summed E-state index contributed by atoms with van der Waals surface area (Å²) in [6.45, 7) is 5.05. The minimum absolute atomic E-state index is 0.208. The maximum atomic E-state index is 6.03. The van der Waals surface area contributed by atoms with E-state index in [2.05, 4.69) is 25.2 Å². The molecule has 1 unspecified atom stereocenters. The maximum absolute atomic E-state index is 6.03. The van der Waals surface area contributed by atoms with Crippen molar-refractivity contribution in [1.29, 1.82) is 0 Å². The van der Waals surface area contributed by atoms with Crippen LogP contribution in [-0.4, -0.2) is 19.7 Å². The number of hydrogen-bond acceptors (Lipinski definition) is 3. The molecule has 0 aliphatic heterocycles. The average molecular weight is 236 g/mol. The topological polar surface area (TPSA) is 47.3 Å². The van der Waals surface area contributed by atoms with E-state index < -0.39 is 0 Å². The van der Waals surface area contributed by atoms with E-state index in [4.69, 9.17) is 10.5 Å². The minimum atomic E-state index is 0.208. The van der Waals surface area contributed by atoms with Gasteiger partial charge in [-0.1, -0.05) is 25.8 Å². The molecule has 0 fully saturated rings. The van der Waals surface area contributed by atoms with E-state index in [-0.39, 0.29) is 6.04 Å². The summed E-state index contributed by atoms with van der Waals surface area (Å²) < 4.78 is 5.31. The standard InChI is InChI=1S/C14H24N2O/c1-4-5-6-12(15)10-16-13-9-11(2)7-8-14(13)17-3/h7-9,12,16H,4-6,10,15H2,1-3H3. The zero-order chi connectivity index (χ0) is 12.7. The lowest BCUT2D eigenvalue weighted by molar-refractivity contribution is 0.416. The Labute approximate surface area is 104 Å². The van der Waals surface area contributed by atoms with Gasteiger partial charge in [-0.05, 0) is 31.0 Å². The molecule has 3 N–H and O–H groups in total. The maximum Gasteiger partial charge on any atom is 0.141 e. The molecule has 1 atom stereocenters. The molecule has 0 amide bonds. The van der Waals surface area contributed by atoms with Gasteiger partial charge in [-0.3, -0.25) is 0 Å². The van der Waals surface area contributed by atoms with Crippen molar-refractivity contribution in [3.8, 4) is 5.75 Å². The Bertz CT molecular complexity index is 339. The van der Waals surface area contributed by atoms with Crippen molar-refractivity contribution >= 4 is 5.69 Å². The number of nitrogens with two attached hydrogens (primary N) is 1. The average Bonchev–Trinajstić information content (AvgIpc) is 2.34. The third-order valence-corrected chi connectivity index (χ3v) is 2.84. The smallest absolute Gasteiger partial charge is 0.141 e. The van der Waals surface area contributed by atoms with Crippen molar-refractivity contribution in [2.45, 2.75) is 39.2 Å². The lowest BCUT2D eigenvalue weighted by Gasteiger charge is -2.16. The van der Waals surface area contributed by atoms with Gasteiger partial charge in [-0.25, -0.2) is 0 Å². The first-order chi connectivity index (χ1) is 8.17. The number of aryl methyl sites for hydroxylation is 1. The van der Waals surface area contributed by atoms with E-state index in [9.17, 15) is 0 Å². The lowest BCUT2D eigenvalue weighted by atomic mass is 10.1. The Kier molecular flexibility index (Phi) is 5.84. The van der Waals surface area contributed by atoms with Crippen LogP contribution < -0.4 is 15.8 Å². The second-order valence-corrected chi connectivity index (χ2v) is 4.49. The van der Waals surface area contributed by atoms with Gasteiger partial charge in [0.05, 0.1) is 12.8 Å². The summed E-state index contributed by atoms with van der Waals surface area (Å²) in [6, 6.07) is 6.32. The molecule has 3 nitrogen and oxygen atoms in total. The Hall–Kier alpha value is -1.22. The van der Waals surface area contributed by atoms with Crippen molar-refractivity contribution in [2.24, 2.45) is 5.73 Å². The summed E-state index contributed by atoms with van der Waals surface area (Å²) in [5.41, 5.74) is 8.28. The first-order valence-electron chi connectivity index (χ1n) is 6.31. The van der Waals surface area contributed by atoms with Gasteiger partial charge in [0, 0.05) is 12.6 Å². The number of ether oxygens (including phenoxy) is 1. The second-order valence-electron chi connectivity index (χ2n) is 4.49. The predicted octanol–water partition coefficient (Wildman–Crippen LogP) is 2.93. The molecular formula is C14H24N2O. The zero-order valence-electron chi connectivity index (χ0n) is 11.1. The molecule has 1 aromatic rings. The fourth-order valence-corrected chi connectivity index (χ4v) is 1.77. The van der Waals surface area contributed by atoms with Gasteiger partial charge in [0.25, 0.3) is 0 Å². The summed E-state index contributed by atoms with van der Waals surface area (Å²) in [7, 11) is 1.69. The molecule has 0 bridgehead atoms. The van der Waals surface area contributed by atoms with Gasteiger partial charge < -0.3 is 15.8 Å². The summed E-state index contributed by atoms with van der Waals surface area (Å²) in [6.07, 6.45) is 3.45. The quantitative estimate of drug-likeness (QED) is 0.765. The van der Waals surface area contributed by atoms with Gasteiger partial charge in [0.1, 0.15) is 5.75 Å². The molecule has 1 aromatic carbocycles. The second kappa shape index (κ2) is 7.17. The van der Waals surface area contributed by atoms with E-state index in [0.717, 1.165) is 24.4 Å².